The second-order valence-corrected chi connectivity index (χ2v) is 21.7. The first-order chi connectivity index (χ1) is 26.0. The molecule has 8 aromatic rings. The zero-order chi connectivity index (χ0) is 35.7. The van der Waals surface area contributed by atoms with E-state index in [1.807, 2.05) is 6.07 Å². The largest absolute Gasteiger partial charge is 0.208 e. The van der Waals surface area contributed by atoms with Crippen molar-refractivity contribution in [3.63, 3.8) is 0 Å². The molecule has 0 radical (unpaired) electrons. The van der Waals surface area contributed by atoms with Crippen LogP contribution in [0.1, 0.15) is 0 Å². The fourth-order valence-corrected chi connectivity index (χ4v) is 14.9. The van der Waals surface area contributed by atoms with Crippen molar-refractivity contribution >= 4 is 37.6 Å². The summed E-state index contributed by atoms with van der Waals surface area (Å²) in [7, 11) is -3.53. The molecule has 1 aromatic heterocycles. The molecule has 7 aromatic carbocycles. The van der Waals surface area contributed by atoms with Crippen molar-refractivity contribution in [2.45, 2.75) is 19.6 Å². The topological polar surface area (TPSA) is 38.7 Å². The smallest absolute Gasteiger partial charge is 0.165 e. The molecule has 2 aliphatic heterocycles. The van der Waals surface area contributed by atoms with Crippen LogP contribution in [-0.2, 0) is 0 Å². The van der Waals surface area contributed by atoms with Gasteiger partial charge >= 0.3 is 0 Å². The van der Waals surface area contributed by atoms with E-state index in [-0.39, 0.29) is 0 Å². The molecule has 0 saturated carbocycles. The van der Waals surface area contributed by atoms with Crippen LogP contribution in [0.15, 0.2) is 164 Å². The standard InChI is InChI=1S/C48H37N3Si2/c1-52-39-25-15-13-23-36(39)43-40(52)30-29-34(31-17-7-4-8-18-31)44(43)48-50-46(33-21-11-6-12-22-33)49-47(51-48)38-28-27-35(32-19-9-5-10-20-32)45-42(38)37-24-14-16-26-41(37)53(45,2)3/h4-30,52H,1-3H3. The minimum atomic E-state index is -2.11. The molecule has 3 nitrogen and oxygen atoms in total. The van der Waals surface area contributed by atoms with E-state index >= 15 is 0 Å². The van der Waals surface area contributed by atoms with Gasteiger partial charge in [-0.15, -0.1) is 0 Å². The van der Waals surface area contributed by atoms with Gasteiger partial charge < -0.3 is 0 Å². The second-order valence-electron chi connectivity index (χ2n) is 14.7. The summed E-state index contributed by atoms with van der Waals surface area (Å²) < 4.78 is 0. The molecule has 0 bridgehead atoms. The van der Waals surface area contributed by atoms with Gasteiger partial charge in [0.25, 0.3) is 0 Å². The van der Waals surface area contributed by atoms with Crippen molar-refractivity contribution in [2.24, 2.45) is 0 Å². The summed E-state index contributed by atoms with van der Waals surface area (Å²) in [4.78, 5) is 16.3. The highest BCUT2D eigenvalue weighted by molar-refractivity contribution is 7.04. The number of nitrogens with zero attached hydrogens (tertiary/aromatic N) is 3. The van der Waals surface area contributed by atoms with Crippen LogP contribution < -0.4 is 20.7 Å². The third-order valence-electron chi connectivity index (χ3n) is 11.4. The van der Waals surface area contributed by atoms with Gasteiger partial charge in [0.2, 0.25) is 0 Å². The quantitative estimate of drug-likeness (QED) is 0.167. The number of aromatic nitrogens is 3. The van der Waals surface area contributed by atoms with Crippen LogP contribution >= 0.6 is 0 Å². The van der Waals surface area contributed by atoms with Crippen LogP contribution in [0.25, 0.3) is 78.7 Å². The van der Waals surface area contributed by atoms with Crippen molar-refractivity contribution in [3.05, 3.63) is 164 Å². The average molecular weight is 712 g/mol. The Labute approximate surface area is 313 Å². The van der Waals surface area contributed by atoms with E-state index < -0.39 is 16.9 Å². The maximum atomic E-state index is 5.57. The molecular formula is C48H37N3Si2. The molecular weight excluding hydrogens is 675 g/mol. The van der Waals surface area contributed by atoms with E-state index in [9.17, 15) is 0 Å². The molecule has 252 valence electrons. The SMILES string of the molecule is C[SiH]1c2ccccc2-c2c1ccc(-c1ccccc1)c2-c1nc(-c2ccccc2)nc(-c2ccc(-c3ccccc3)c3c2-c2ccccc2[Si]3(C)C)n1. The van der Waals surface area contributed by atoms with Gasteiger partial charge in [-0.3, -0.25) is 0 Å². The van der Waals surface area contributed by atoms with Gasteiger partial charge in [0, 0.05) is 16.7 Å². The van der Waals surface area contributed by atoms with E-state index in [0.717, 1.165) is 27.8 Å². The fraction of sp³-hybridized carbons (Fsp3) is 0.0625. The highest BCUT2D eigenvalue weighted by Crippen LogP contribution is 2.43. The van der Waals surface area contributed by atoms with Gasteiger partial charge in [-0.1, -0.05) is 183 Å². The normalized spacial score (nSPS) is 14.7. The van der Waals surface area contributed by atoms with Gasteiger partial charge in [-0.25, -0.2) is 15.0 Å². The molecule has 0 aliphatic carbocycles. The first-order valence-electron chi connectivity index (χ1n) is 18.5. The van der Waals surface area contributed by atoms with E-state index in [4.69, 9.17) is 15.0 Å². The molecule has 0 saturated heterocycles. The Morgan fingerprint density at radius 2 is 0.906 bits per heavy atom. The molecule has 0 fully saturated rings. The van der Waals surface area contributed by atoms with Gasteiger partial charge in [-0.2, -0.15) is 0 Å². The molecule has 0 amide bonds. The van der Waals surface area contributed by atoms with Crippen molar-refractivity contribution < 1.29 is 0 Å². The van der Waals surface area contributed by atoms with Gasteiger partial charge in [0.05, 0.1) is 0 Å². The first kappa shape index (κ1) is 31.7. The Kier molecular flexibility index (Phi) is 7.36. The molecule has 3 heterocycles. The lowest BCUT2D eigenvalue weighted by Crippen LogP contribution is -2.50. The van der Waals surface area contributed by atoms with Crippen LogP contribution in [0.2, 0.25) is 19.6 Å². The molecule has 5 heteroatoms. The monoisotopic (exact) mass is 711 g/mol. The van der Waals surface area contributed by atoms with Gasteiger partial charge in [0.15, 0.2) is 17.5 Å². The van der Waals surface area contributed by atoms with Crippen molar-refractivity contribution in [1.82, 2.24) is 15.0 Å². The molecule has 0 spiro atoms. The maximum Gasteiger partial charge on any atom is 0.165 e. The van der Waals surface area contributed by atoms with E-state index in [0.29, 0.717) is 17.5 Å². The Bertz CT molecular complexity index is 2710. The average Bonchev–Trinajstić information content (AvgIpc) is 3.65. The number of hydrogen-bond acceptors (Lipinski definition) is 3. The number of benzene rings is 7. The highest BCUT2D eigenvalue weighted by Gasteiger charge is 2.41. The molecule has 0 N–H and O–H groups in total. The summed E-state index contributed by atoms with van der Waals surface area (Å²) in [5.41, 5.74) is 13.1. The highest BCUT2D eigenvalue weighted by atomic mass is 28.3. The zero-order valence-electron chi connectivity index (χ0n) is 30.0. The predicted molar refractivity (Wildman–Crippen MR) is 227 cm³/mol. The number of hydrogen-bond donors (Lipinski definition) is 0. The molecule has 1 atom stereocenters. The van der Waals surface area contributed by atoms with Crippen LogP contribution in [-0.4, -0.2) is 31.8 Å². The summed E-state index contributed by atoms with van der Waals surface area (Å²) in [5.74, 6) is 2.10. The van der Waals surface area contributed by atoms with E-state index in [2.05, 4.69) is 177 Å². The van der Waals surface area contributed by atoms with Crippen LogP contribution in [0.4, 0.5) is 0 Å². The fourth-order valence-electron chi connectivity index (χ4n) is 8.91. The van der Waals surface area contributed by atoms with Gasteiger partial charge in [-0.05, 0) is 66.1 Å². The van der Waals surface area contributed by atoms with Crippen molar-refractivity contribution in [1.29, 1.82) is 0 Å². The molecule has 53 heavy (non-hydrogen) atoms. The number of fused-ring (bicyclic) bond motifs is 6. The van der Waals surface area contributed by atoms with Crippen LogP contribution in [0.3, 0.4) is 0 Å². The second kappa shape index (κ2) is 12.3. The zero-order valence-corrected chi connectivity index (χ0v) is 32.2. The summed E-state index contributed by atoms with van der Waals surface area (Å²) in [6, 6.07) is 59.2. The molecule has 10 rings (SSSR count). The summed E-state index contributed by atoms with van der Waals surface area (Å²) >= 11 is 0. The Morgan fingerprint density at radius 3 is 1.62 bits per heavy atom. The van der Waals surface area contributed by atoms with Crippen LogP contribution in [0, 0.1) is 0 Å². The van der Waals surface area contributed by atoms with Crippen LogP contribution in [0.5, 0.6) is 0 Å². The predicted octanol–water partition coefficient (Wildman–Crippen LogP) is 8.96. The molecule has 2 aliphatic rings. The maximum absolute atomic E-state index is 5.57. The number of rotatable bonds is 5. The van der Waals surface area contributed by atoms with Crippen molar-refractivity contribution in [3.8, 4) is 78.7 Å². The van der Waals surface area contributed by atoms with E-state index in [1.165, 1.54) is 54.1 Å². The minimum absolute atomic E-state index is 0.683. The summed E-state index contributed by atoms with van der Waals surface area (Å²) in [5, 5.41) is 5.83. The summed E-state index contributed by atoms with van der Waals surface area (Å²) in [6.07, 6.45) is 0. The lowest BCUT2D eigenvalue weighted by molar-refractivity contribution is 1.08. The first-order valence-corrected chi connectivity index (χ1v) is 23.8. The summed E-state index contributed by atoms with van der Waals surface area (Å²) in [6.45, 7) is 7.43. The minimum Gasteiger partial charge on any atom is -0.208 e. The molecule has 1 unspecified atom stereocenters. The van der Waals surface area contributed by atoms with Gasteiger partial charge in [0.1, 0.15) is 16.9 Å². The lowest BCUT2D eigenvalue weighted by Gasteiger charge is -2.23. The third-order valence-corrected chi connectivity index (χ3v) is 17.8. The third kappa shape index (κ3) is 4.96. The Morgan fingerprint density at radius 1 is 0.377 bits per heavy atom. The Hall–Kier alpha value is -6.02. The Balaban J connectivity index is 1.31. The lowest BCUT2D eigenvalue weighted by atomic mass is 9.91. The van der Waals surface area contributed by atoms with Crippen molar-refractivity contribution in [2.75, 3.05) is 0 Å². The van der Waals surface area contributed by atoms with E-state index in [1.54, 1.807) is 0 Å².